The molecular weight excluding hydrogens is 314 g/mol. The molecule has 0 spiro atoms. The van der Waals surface area contributed by atoms with Crippen molar-refractivity contribution in [1.82, 2.24) is 4.90 Å². The van der Waals surface area contributed by atoms with Crippen molar-refractivity contribution in [2.24, 2.45) is 5.41 Å². The van der Waals surface area contributed by atoms with Gasteiger partial charge in [0.2, 0.25) is 0 Å². The molecule has 3 rings (SSSR count). The fourth-order valence-electron chi connectivity index (χ4n) is 3.92. The molecule has 134 valence electrons. The van der Waals surface area contributed by atoms with Crippen LogP contribution in [0.5, 0.6) is 11.5 Å². The number of benzene rings is 2. The molecule has 0 saturated carbocycles. The number of hydrogen-bond acceptors (Lipinski definition) is 4. The zero-order valence-electron chi connectivity index (χ0n) is 15.1. The van der Waals surface area contributed by atoms with Crippen molar-refractivity contribution >= 4 is 0 Å². The van der Waals surface area contributed by atoms with E-state index in [2.05, 4.69) is 36.1 Å². The molecule has 4 heteroatoms. The SMILES string of the molecule is COc1ccc(C2CN(Cc3ccccc3)CC2(C)[C@H](C)O)cc1O. The Morgan fingerprint density at radius 3 is 2.56 bits per heavy atom. The third kappa shape index (κ3) is 3.51. The van der Waals surface area contributed by atoms with E-state index in [1.54, 1.807) is 19.2 Å². The maximum absolute atomic E-state index is 10.5. The van der Waals surface area contributed by atoms with Crippen molar-refractivity contribution in [3.8, 4) is 11.5 Å². The molecule has 2 N–H and O–H groups in total. The lowest BCUT2D eigenvalue weighted by Crippen LogP contribution is -2.36. The summed E-state index contributed by atoms with van der Waals surface area (Å²) in [5.41, 5.74) is 2.04. The minimum atomic E-state index is -0.442. The van der Waals surface area contributed by atoms with E-state index in [0.29, 0.717) is 5.75 Å². The van der Waals surface area contributed by atoms with E-state index in [-0.39, 0.29) is 17.1 Å². The molecule has 3 atom stereocenters. The first kappa shape index (κ1) is 17.8. The maximum Gasteiger partial charge on any atom is 0.160 e. The summed E-state index contributed by atoms with van der Waals surface area (Å²) in [5, 5.41) is 20.6. The van der Waals surface area contributed by atoms with Crippen LogP contribution in [0, 0.1) is 5.41 Å². The van der Waals surface area contributed by atoms with Crippen LogP contribution in [0.1, 0.15) is 30.9 Å². The third-order valence-electron chi connectivity index (χ3n) is 5.61. The average Bonchev–Trinajstić information content (AvgIpc) is 2.93. The molecule has 0 amide bonds. The van der Waals surface area contributed by atoms with Crippen molar-refractivity contribution < 1.29 is 14.9 Å². The van der Waals surface area contributed by atoms with Crippen molar-refractivity contribution in [3.63, 3.8) is 0 Å². The number of aromatic hydroxyl groups is 1. The number of aliphatic hydroxyl groups is 1. The van der Waals surface area contributed by atoms with Gasteiger partial charge in [0.15, 0.2) is 11.5 Å². The smallest absolute Gasteiger partial charge is 0.160 e. The van der Waals surface area contributed by atoms with Gasteiger partial charge in [-0.15, -0.1) is 0 Å². The molecule has 0 bridgehead atoms. The van der Waals surface area contributed by atoms with Crippen LogP contribution in [-0.2, 0) is 6.54 Å². The summed E-state index contributed by atoms with van der Waals surface area (Å²) in [6.07, 6.45) is -0.442. The highest BCUT2D eigenvalue weighted by atomic mass is 16.5. The Labute approximate surface area is 149 Å². The molecule has 1 aliphatic heterocycles. The second-order valence-electron chi connectivity index (χ2n) is 7.32. The standard InChI is InChI=1S/C21H27NO3/c1-15(23)21(2)14-22(12-16-7-5-4-6-8-16)13-18(21)17-9-10-20(25-3)19(24)11-17/h4-11,15,18,23-24H,12-14H2,1-3H3/t15-,18?,21?/m0/s1. The van der Waals surface area contributed by atoms with Crippen LogP contribution < -0.4 is 4.74 Å². The number of hydrogen-bond donors (Lipinski definition) is 2. The molecule has 4 nitrogen and oxygen atoms in total. The number of methoxy groups -OCH3 is 1. The summed E-state index contributed by atoms with van der Waals surface area (Å²) in [4.78, 5) is 2.38. The zero-order valence-corrected chi connectivity index (χ0v) is 15.1. The molecule has 0 aliphatic carbocycles. The van der Waals surface area contributed by atoms with Gasteiger partial charge < -0.3 is 14.9 Å². The van der Waals surface area contributed by atoms with Gasteiger partial charge in [0.25, 0.3) is 0 Å². The quantitative estimate of drug-likeness (QED) is 0.875. The Kier molecular flexibility index (Phi) is 5.02. The van der Waals surface area contributed by atoms with Crippen LogP contribution in [0.3, 0.4) is 0 Å². The van der Waals surface area contributed by atoms with Gasteiger partial charge in [0.1, 0.15) is 0 Å². The van der Waals surface area contributed by atoms with Crippen LogP contribution in [-0.4, -0.2) is 41.4 Å². The average molecular weight is 341 g/mol. The monoisotopic (exact) mass is 341 g/mol. The van der Waals surface area contributed by atoms with E-state index in [1.807, 2.05) is 19.1 Å². The van der Waals surface area contributed by atoms with E-state index >= 15 is 0 Å². The molecular formula is C21H27NO3. The van der Waals surface area contributed by atoms with Gasteiger partial charge in [-0.3, -0.25) is 4.90 Å². The molecule has 1 fully saturated rings. The maximum atomic E-state index is 10.5. The first-order chi connectivity index (χ1) is 11.9. The van der Waals surface area contributed by atoms with E-state index in [9.17, 15) is 10.2 Å². The van der Waals surface area contributed by atoms with E-state index in [4.69, 9.17) is 4.74 Å². The number of likely N-dealkylation sites (tertiary alicyclic amines) is 1. The van der Waals surface area contributed by atoms with Gasteiger partial charge in [-0.1, -0.05) is 43.3 Å². The Balaban J connectivity index is 1.87. The summed E-state index contributed by atoms with van der Waals surface area (Å²) in [6, 6.07) is 16.0. The van der Waals surface area contributed by atoms with Gasteiger partial charge >= 0.3 is 0 Å². The summed E-state index contributed by atoms with van der Waals surface area (Å²) in [6.45, 7) is 6.53. The zero-order chi connectivity index (χ0) is 18.0. The first-order valence-electron chi connectivity index (χ1n) is 8.75. The predicted octanol–water partition coefficient (Wildman–Crippen LogP) is 3.39. The molecule has 1 saturated heterocycles. The minimum Gasteiger partial charge on any atom is -0.504 e. The predicted molar refractivity (Wildman–Crippen MR) is 98.9 cm³/mol. The van der Waals surface area contributed by atoms with E-state index in [0.717, 1.165) is 25.2 Å². The Hall–Kier alpha value is -2.04. The lowest BCUT2D eigenvalue weighted by atomic mass is 9.72. The molecule has 2 aromatic carbocycles. The van der Waals surface area contributed by atoms with Gasteiger partial charge in [-0.2, -0.15) is 0 Å². The van der Waals surface area contributed by atoms with E-state index < -0.39 is 6.10 Å². The van der Waals surface area contributed by atoms with Crippen LogP contribution in [0.15, 0.2) is 48.5 Å². The van der Waals surface area contributed by atoms with E-state index in [1.165, 1.54) is 5.56 Å². The normalized spacial score (nSPS) is 25.0. The van der Waals surface area contributed by atoms with Crippen molar-refractivity contribution in [2.75, 3.05) is 20.2 Å². The highest BCUT2D eigenvalue weighted by Gasteiger charge is 2.46. The second kappa shape index (κ2) is 7.06. The Morgan fingerprint density at radius 1 is 1.24 bits per heavy atom. The lowest BCUT2D eigenvalue weighted by molar-refractivity contribution is 0.0475. The number of rotatable bonds is 5. The lowest BCUT2D eigenvalue weighted by Gasteiger charge is -2.34. The second-order valence-corrected chi connectivity index (χ2v) is 7.32. The summed E-state index contributed by atoms with van der Waals surface area (Å²) < 4.78 is 5.15. The summed E-state index contributed by atoms with van der Waals surface area (Å²) >= 11 is 0. The number of phenols is 1. The number of ether oxygens (including phenoxy) is 1. The molecule has 0 radical (unpaired) electrons. The largest absolute Gasteiger partial charge is 0.504 e. The third-order valence-corrected chi connectivity index (χ3v) is 5.61. The van der Waals surface area contributed by atoms with Crippen LogP contribution in [0.4, 0.5) is 0 Å². The molecule has 2 unspecified atom stereocenters. The fourth-order valence-corrected chi connectivity index (χ4v) is 3.92. The van der Waals surface area contributed by atoms with Crippen molar-refractivity contribution in [1.29, 1.82) is 0 Å². The fraction of sp³-hybridized carbons (Fsp3) is 0.429. The molecule has 1 aliphatic rings. The summed E-state index contributed by atoms with van der Waals surface area (Å²) in [7, 11) is 1.55. The number of phenolic OH excluding ortho intramolecular Hbond substituents is 1. The summed E-state index contributed by atoms with van der Waals surface area (Å²) in [5.74, 6) is 0.768. The van der Waals surface area contributed by atoms with Gasteiger partial charge in [-0.25, -0.2) is 0 Å². The number of aliphatic hydroxyl groups excluding tert-OH is 1. The van der Waals surface area contributed by atoms with Crippen molar-refractivity contribution in [2.45, 2.75) is 32.4 Å². The molecule has 0 aromatic heterocycles. The van der Waals surface area contributed by atoms with Gasteiger partial charge in [0, 0.05) is 31.0 Å². The topological polar surface area (TPSA) is 52.9 Å². The highest BCUT2D eigenvalue weighted by molar-refractivity contribution is 5.43. The Bertz CT molecular complexity index is 716. The minimum absolute atomic E-state index is 0.146. The molecule has 2 aromatic rings. The first-order valence-corrected chi connectivity index (χ1v) is 8.75. The van der Waals surface area contributed by atoms with Gasteiger partial charge in [-0.05, 0) is 30.2 Å². The Morgan fingerprint density at radius 2 is 1.96 bits per heavy atom. The van der Waals surface area contributed by atoms with Gasteiger partial charge in [0.05, 0.1) is 13.2 Å². The van der Waals surface area contributed by atoms with Crippen molar-refractivity contribution in [3.05, 3.63) is 59.7 Å². The van der Waals surface area contributed by atoms with Crippen LogP contribution in [0.25, 0.3) is 0 Å². The highest BCUT2D eigenvalue weighted by Crippen LogP contribution is 2.46. The van der Waals surface area contributed by atoms with Crippen LogP contribution >= 0.6 is 0 Å². The number of nitrogens with zero attached hydrogens (tertiary/aromatic N) is 1. The van der Waals surface area contributed by atoms with Crippen LogP contribution in [0.2, 0.25) is 0 Å². The molecule has 25 heavy (non-hydrogen) atoms. The molecule has 1 heterocycles.